The molecule has 0 spiro atoms. The third-order valence-electron chi connectivity index (χ3n) is 0.744. The van der Waals surface area contributed by atoms with Crippen molar-refractivity contribution in [1.29, 1.82) is 0 Å². The summed E-state index contributed by atoms with van der Waals surface area (Å²) in [6.45, 7) is 5.45. The van der Waals surface area contributed by atoms with Crippen molar-refractivity contribution < 1.29 is 0 Å². The number of amidine groups is 1. The minimum Gasteiger partial charge on any atom is -0.372 e. The molecule has 0 saturated heterocycles. The van der Waals surface area contributed by atoms with Gasteiger partial charge in [-0.05, 0) is 0 Å². The summed E-state index contributed by atoms with van der Waals surface area (Å²) in [6.07, 6.45) is 0. The molecule has 1 heterocycles. The minimum absolute atomic E-state index is 0.829. The average Bonchev–Trinajstić information content (AvgIpc) is 1.86. The number of rotatable bonds is 0. The molecule has 0 saturated carbocycles. The molecule has 1 aliphatic heterocycles. The predicted octanol–water partition coefficient (Wildman–Crippen LogP) is -0.178. The molecule has 0 aromatic carbocycles. The Balaban J connectivity index is 2.45. The van der Waals surface area contributed by atoms with Crippen LogP contribution in [0.5, 0.6) is 0 Å². The molecule has 0 fully saturated rings. The van der Waals surface area contributed by atoms with Crippen molar-refractivity contribution in [2.45, 2.75) is 0 Å². The van der Waals surface area contributed by atoms with Gasteiger partial charge in [0.15, 0.2) is 0 Å². The van der Waals surface area contributed by atoms with E-state index in [0.717, 1.165) is 18.9 Å². The molecule has 6 heavy (non-hydrogen) atoms. The topological polar surface area (TPSA) is 24.4 Å². The highest BCUT2D eigenvalue weighted by molar-refractivity contribution is 5.87. The first kappa shape index (κ1) is 3.65. The van der Waals surface area contributed by atoms with Crippen LogP contribution in [0.3, 0.4) is 0 Å². The maximum Gasteiger partial charge on any atom is 0.0968 e. The maximum atomic E-state index is 3.93. The fourth-order valence-corrected chi connectivity index (χ4v) is 0.447. The first-order chi connectivity index (χ1) is 2.89. The number of hydrogen-bond acceptors (Lipinski definition) is 2. The molecule has 0 bridgehead atoms. The maximum absolute atomic E-state index is 3.93. The van der Waals surface area contributed by atoms with Crippen LogP contribution in [0.4, 0.5) is 0 Å². The average molecular weight is 83.1 g/mol. The minimum atomic E-state index is 0.829. The van der Waals surface area contributed by atoms with Crippen molar-refractivity contribution in [3.8, 4) is 0 Å². The molecule has 0 atom stereocenters. The van der Waals surface area contributed by atoms with E-state index in [1.807, 2.05) is 0 Å². The van der Waals surface area contributed by atoms with Gasteiger partial charge in [-0.1, -0.05) is 0 Å². The highest BCUT2D eigenvalue weighted by Gasteiger charge is 1.93. The van der Waals surface area contributed by atoms with E-state index >= 15 is 0 Å². The molecule has 33 valence electrons. The molecule has 1 radical (unpaired) electrons. The van der Waals surface area contributed by atoms with Crippen LogP contribution >= 0.6 is 0 Å². The Morgan fingerprint density at radius 2 is 2.67 bits per heavy atom. The molecular weight excluding hydrogens is 76.1 g/mol. The monoisotopic (exact) mass is 83.1 g/mol. The van der Waals surface area contributed by atoms with Crippen molar-refractivity contribution in [1.82, 2.24) is 5.32 Å². The van der Waals surface area contributed by atoms with Crippen molar-refractivity contribution in [2.75, 3.05) is 13.1 Å². The van der Waals surface area contributed by atoms with Crippen LogP contribution in [-0.2, 0) is 0 Å². The van der Waals surface area contributed by atoms with Gasteiger partial charge in [0.25, 0.3) is 0 Å². The molecule has 2 heteroatoms. The lowest BCUT2D eigenvalue weighted by Crippen LogP contribution is -2.14. The summed E-state index contributed by atoms with van der Waals surface area (Å²) in [5.74, 6) is 0.829. The summed E-state index contributed by atoms with van der Waals surface area (Å²) in [7, 11) is 0. The summed E-state index contributed by atoms with van der Waals surface area (Å²) in [4.78, 5) is 3.93. The van der Waals surface area contributed by atoms with E-state index in [1.165, 1.54) is 0 Å². The number of hydrogen-bond donors (Lipinski definition) is 1. The molecule has 0 aromatic rings. The van der Waals surface area contributed by atoms with Gasteiger partial charge < -0.3 is 5.32 Å². The second-order valence-electron chi connectivity index (χ2n) is 1.26. The third kappa shape index (κ3) is 0.506. The fraction of sp³-hybridized carbons (Fsp3) is 0.500. The van der Waals surface area contributed by atoms with Crippen LogP contribution in [0.15, 0.2) is 4.99 Å². The summed E-state index contributed by atoms with van der Waals surface area (Å²) in [6, 6.07) is 0. The first-order valence-electron chi connectivity index (χ1n) is 2.00. The van der Waals surface area contributed by atoms with E-state index in [4.69, 9.17) is 0 Å². The normalized spacial score (nSPS) is 19.8. The Bertz CT molecular complexity index is 75.6. The Morgan fingerprint density at radius 3 is 2.83 bits per heavy atom. The number of nitrogens with one attached hydrogen (secondary N) is 1. The highest BCUT2D eigenvalue weighted by Crippen LogP contribution is 1.79. The zero-order chi connectivity index (χ0) is 4.41. The number of nitrogens with zero attached hydrogens (tertiary/aromatic N) is 1. The van der Waals surface area contributed by atoms with Gasteiger partial charge in [0.1, 0.15) is 0 Å². The van der Waals surface area contributed by atoms with E-state index in [-0.39, 0.29) is 0 Å². The van der Waals surface area contributed by atoms with Crippen LogP contribution in [0.25, 0.3) is 0 Å². The second-order valence-corrected chi connectivity index (χ2v) is 1.26. The standard InChI is InChI=1S/C4H7N2/c1-4-5-2-3-6-4/h1-3H2,(H,5,6). The zero-order valence-corrected chi connectivity index (χ0v) is 3.57. The fourth-order valence-electron chi connectivity index (χ4n) is 0.447. The SMILES string of the molecule is [CH2]C1=NCCN1. The lowest BCUT2D eigenvalue weighted by molar-refractivity contribution is 0.961. The largest absolute Gasteiger partial charge is 0.372 e. The third-order valence-corrected chi connectivity index (χ3v) is 0.744. The zero-order valence-electron chi connectivity index (χ0n) is 3.57. The van der Waals surface area contributed by atoms with E-state index in [9.17, 15) is 0 Å². The van der Waals surface area contributed by atoms with Crippen LogP contribution in [0.1, 0.15) is 0 Å². The predicted molar refractivity (Wildman–Crippen MR) is 25.7 cm³/mol. The van der Waals surface area contributed by atoms with E-state index in [0.29, 0.717) is 0 Å². The summed E-state index contributed by atoms with van der Waals surface area (Å²) < 4.78 is 0. The van der Waals surface area contributed by atoms with E-state index in [2.05, 4.69) is 17.2 Å². The summed E-state index contributed by atoms with van der Waals surface area (Å²) in [5.41, 5.74) is 0. The van der Waals surface area contributed by atoms with Crippen molar-refractivity contribution in [2.24, 2.45) is 4.99 Å². The molecule has 2 nitrogen and oxygen atoms in total. The Morgan fingerprint density at radius 1 is 1.83 bits per heavy atom. The van der Waals surface area contributed by atoms with Gasteiger partial charge in [0, 0.05) is 13.5 Å². The summed E-state index contributed by atoms with van der Waals surface area (Å²) in [5, 5.41) is 2.96. The van der Waals surface area contributed by atoms with Crippen molar-refractivity contribution >= 4 is 5.84 Å². The van der Waals surface area contributed by atoms with E-state index in [1.54, 1.807) is 0 Å². The van der Waals surface area contributed by atoms with Crippen LogP contribution < -0.4 is 5.32 Å². The van der Waals surface area contributed by atoms with Gasteiger partial charge in [0.05, 0.1) is 12.4 Å². The second kappa shape index (κ2) is 1.29. The molecule has 1 aliphatic rings. The smallest absolute Gasteiger partial charge is 0.0968 e. The molecular formula is C4H7N2. The van der Waals surface area contributed by atoms with Gasteiger partial charge in [0.2, 0.25) is 0 Å². The summed E-state index contributed by atoms with van der Waals surface area (Å²) >= 11 is 0. The molecule has 1 N–H and O–H groups in total. The quantitative estimate of drug-likeness (QED) is 0.431. The van der Waals surface area contributed by atoms with Gasteiger partial charge >= 0.3 is 0 Å². The van der Waals surface area contributed by atoms with Gasteiger partial charge in [-0.25, -0.2) is 0 Å². The Hall–Kier alpha value is -0.530. The van der Waals surface area contributed by atoms with Crippen LogP contribution in [-0.4, -0.2) is 18.9 Å². The molecule has 0 aliphatic carbocycles. The van der Waals surface area contributed by atoms with E-state index < -0.39 is 0 Å². The molecule has 0 aromatic heterocycles. The number of aliphatic imine (C=N–C) groups is 1. The van der Waals surface area contributed by atoms with Crippen LogP contribution in [0, 0.1) is 6.92 Å². The molecule has 1 rings (SSSR count). The van der Waals surface area contributed by atoms with Crippen LogP contribution in [0.2, 0.25) is 0 Å². The molecule has 0 amide bonds. The Labute approximate surface area is 37.3 Å². The van der Waals surface area contributed by atoms with Crippen molar-refractivity contribution in [3.63, 3.8) is 0 Å². The Kier molecular flexibility index (Phi) is 0.783. The first-order valence-corrected chi connectivity index (χ1v) is 2.00. The van der Waals surface area contributed by atoms with Gasteiger partial charge in [-0.2, -0.15) is 0 Å². The van der Waals surface area contributed by atoms with Gasteiger partial charge in [-0.3, -0.25) is 4.99 Å². The lowest BCUT2D eigenvalue weighted by Gasteiger charge is -1.85. The molecule has 0 unspecified atom stereocenters. The lowest BCUT2D eigenvalue weighted by atomic mass is 10.7. The van der Waals surface area contributed by atoms with Gasteiger partial charge in [-0.15, -0.1) is 0 Å². The highest BCUT2D eigenvalue weighted by atomic mass is 15.0. The van der Waals surface area contributed by atoms with Crippen molar-refractivity contribution in [3.05, 3.63) is 6.92 Å².